The Kier molecular flexibility index (Phi) is 5.29. The number of carbonyl (C=O) groups is 1. The van der Waals surface area contributed by atoms with Gasteiger partial charge in [0.1, 0.15) is 5.75 Å². The van der Waals surface area contributed by atoms with Crippen molar-refractivity contribution < 1.29 is 31.8 Å². The zero-order valence-corrected chi connectivity index (χ0v) is 14.5. The Morgan fingerprint density at radius 3 is 2.73 bits per heavy atom. The van der Waals surface area contributed by atoms with Gasteiger partial charge in [0.05, 0.1) is 10.4 Å². The highest BCUT2D eigenvalue weighted by atomic mass is 35.5. The first-order chi connectivity index (χ1) is 12.2. The van der Waals surface area contributed by atoms with Crippen molar-refractivity contribution in [3.05, 3.63) is 51.2 Å². The molecule has 0 aliphatic carbocycles. The molecule has 1 aromatic carbocycles. The molecule has 0 spiro atoms. The van der Waals surface area contributed by atoms with Crippen molar-refractivity contribution in [2.24, 2.45) is 0 Å². The molecule has 1 saturated heterocycles. The molecule has 1 aromatic heterocycles. The fourth-order valence-electron chi connectivity index (χ4n) is 2.55. The maximum absolute atomic E-state index is 13.0. The van der Waals surface area contributed by atoms with Crippen LogP contribution in [0.3, 0.4) is 0 Å². The number of hydrogen-bond acceptors (Lipinski definition) is 4. The summed E-state index contributed by atoms with van der Waals surface area (Å²) in [5, 5.41) is 2.64. The van der Waals surface area contributed by atoms with Crippen molar-refractivity contribution >= 4 is 29.0 Å². The van der Waals surface area contributed by atoms with E-state index in [1.165, 1.54) is 23.5 Å². The van der Waals surface area contributed by atoms with Gasteiger partial charge in [0.25, 0.3) is 0 Å². The highest BCUT2D eigenvalue weighted by Crippen LogP contribution is 2.35. The van der Waals surface area contributed by atoms with Gasteiger partial charge in [0.2, 0.25) is 0 Å². The van der Waals surface area contributed by atoms with Gasteiger partial charge in [-0.05, 0) is 36.2 Å². The van der Waals surface area contributed by atoms with Crippen molar-refractivity contribution in [3.63, 3.8) is 0 Å². The SMILES string of the molecule is O=C1NC(Cc2cccc(OC(F)(F)C(F)F)c2)C(c2ccc(Cl)s2)O1. The summed E-state index contributed by atoms with van der Waals surface area (Å²) in [4.78, 5) is 12.3. The molecule has 1 aliphatic heterocycles. The predicted molar refractivity (Wildman–Crippen MR) is 87.2 cm³/mol. The van der Waals surface area contributed by atoms with Crippen molar-refractivity contribution in [1.82, 2.24) is 5.32 Å². The van der Waals surface area contributed by atoms with E-state index in [0.717, 1.165) is 10.9 Å². The summed E-state index contributed by atoms with van der Waals surface area (Å²) in [5.74, 6) is -0.395. The highest BCUT2D eigenvalue weighted by Gasteiger charge is 2.44. The maximum Gasteiger partial charge on any atom is 0.461 e. The van der Waals surface area contributed by atoms with Crippen LogP contribution in [0.2, 0.25) is 4.34 Å². The highest BCUT2D eigenvalue weighted by molar-refractivity contribution is 7.16. The summed E-state index contributed by atoms with van der Waals surface area (Å²) < 4.78 is 60.5. The quantitative estimate of drug-likeness (QED) is 0.681. The smallest absolute Gasteiger partial charge is 0.438 e. The third-order valence-electron chi connectivity index (χ3n) is 3.64. The molecule has 1 aliphatic rings. The van der Waals surface area contributed by atoms with Gasteiger partial charge in [-0.2, -0.15) is 17.6 Å². The lowest BCUT2D eigenvalue weighted by Crippen LogP contribution is -2.33. The number of nitrogens with one attached hydrogen (secondary N) is 1. The zero-order chi connectivity index (χ0) is 18.9. The van der Waals surface area contributed by atoms with Gasteiger partial charge in [0.15, 0.2) is 6.10 Å². The molecule has 1 amide bonds. The molecule has 2 unspecified atom stereocenters. The number of ether oxygens (including phenoxy) is 2. The summed E-state index contributed by atoms with van der Waals surface area (Å²) in [6, 6.07) is 8.32. The minimum atomic E-state index is -4.58. The summed E-state index contributed by atoms with van der Waals surface area (Å²) in [6.45, 7) is 0. The topological polar surface area (TPSA) is 47.6 Å². The summed E-state index contributed by atoms with van der Waals surface area (Å²) in [6.07, 6.45) is -9.50. The number of halogens is 5. The van der Waals surface area contributed by atoms with Crippen molar-refractivity contribution in [2.75, 3.05) is 0 Å². The number of hydrogen-bond donors (Lipinski definition) is 1. The van der Waals surface area contributed by atoms with E-state index in [9.17, 15) is 22.4 Å². The van der Waals surface area contributed by atoms with Gasteiger partial charge in [0, 0.05) is 4.88 Å². The Balaban J connectivity index is 1.75. The van der Waals surface area contributed by atoms with Crippen LogP contribution in [0.5, 0.6) is 5.75 Å². The van der Waals surface area contributed by atoms with Crippen LogP contribution < -0.4 is 10.1 Å². The molecule has 0 saturated carbocycles. The lowest BCUT2D eigenvalue weighted by Gasteiger charge is -2.18. The van der Waals surface area contributed by atoms with Gasteiger partial charge in [-0.15, -0.1) is 11.3 Å². The van der Waals surface area contributed by atoms with Crippen LogP contribution in [-0.2, 0) is 11.2 Å². The van der Waals surface area contributed by atoms with Crippen LogP contribution in [-0.4, -0.2) is 24.7 Å². The first kappa shape index (κ1) is 18.8. The molecule has 26 heavy (non-hydrogen) atoms. The molecule has 0 radical (unpaired) electrons. The third kappa shape index (κ3) is 4.21. The van der Waals surface area contributed by atoms with Crippen LogP contribution in [0, 0.1) is 0 Å². The van der Waals surface area contributed by atoms with Gasteiger partial charge < -0.3 is 14.8 Å². The number of benzene rings is 1. The fourth-order valence-corrected chi connectivity index (χ4v) is 3.70. The Hall–Kier alpha value is -2.00. The Bertz CT molecular complexity index is 801. The van der Waals surface area contributed by atoms with E-state index in [4.69, 9.17) is 16.3 Å². The molecule has 1 N–H and O–H groups in total. The van der Waals surface area contributed by atoms with E-state index in [1.807, 2.05) is 0 Å². The second kappa shape index (κ2) is 7.32. The number of carbonyl (C=O) groups excluding carboxylic acids is 1. The van der Waals surface area contributed by atoms with Crippen LogP contribution >= 0.6 is 22.9 Å². The predicted octanol–water partition coefficient (Wildman–Crippen LogP) is 5.03. The second-order valence-electron chi connectivity index (χ2n) is 5.53. The molecule has 10 heteroatoms. The Morgan fingerprint density at radius 1 is 1.31 bits per heavy atom. The van der Waals surface area contributed by atoms with Gasteiger partial charge in [-0.3, -0.25) is 0 Å². The van der Waals surface area contributed by atoms with Gasteiger partial charge in [-0.25, -0.2) is 4.79 Å². The zero-order valence-electron chi connectivity index (χ0n) is 12.9. The average molecular weight is 410 g/mol. The number of rotatable bonds is 6. The summed E-state index contributed by atoms with van der Waals surface area (Å²) in [7, 11) is 0. The van der Waals surface area contributed by atoms with E-state index in [-0.39, 0.29) is 6.42 Å². The van der Waals surface area contributed by atoms with Crippen molar-refractivity contribution in [1.29, 1.82) is 0 Å². The fraction of sp³-hybridized carbons (Fsp3) is 0.312. The van der Waals surface area contributed by atoms with Crippen LogP contribution in [0.25, 0.3) is 0 Å². The molecule has 2 atom stereocenters. The number of thiophene rings is 1. The van der Waals surface area contributed by atoms with Crippen LogP contribution in [0.4, 0.5) is 22.4 Å². The molecular weight excluding hydrogens is 398 g/mol. The Morgan fingerprint density at radius 2 is 2.08 bits per heavy atom. The van der Waals surface area contributed by atoms with Gasteiger partial charge >= 0.3 is 18.6 Å². The molecule has 1 fully saturated rings. The third-order valence-corrected chi connectivity index (χ3v) is 4.93. The summed E-state index contributed by atoms with van der Waals surface area (Å²) >= 11 is 7.16. The summed E-state index contributed by atoms with van der Waals surface area (Å²) in [5.41, 5.74) is 0.510. The molecule has 0 bridgehead atoms. The van der Waals surface area contributed by atoms with Crippen LogP contribution in [0.15, 0.2) is 36.4 Å². The maximum atomic E-state index is 13.0. The standard InChI is InChI=1S/C16H12ClF4NO3S/c17-12-5-4-11(26-12)13-10(22-15(23)24-13)7-8-2-1-3-9(6-8)25-16(20,21)14(18)19/h1-6,10,13-14H,7H2,(H,22,23). The van der Waals surface area contributed by atoms with E-state index < -0.39 is 36.5 Å². The largest absolute Gasteiger partial charge is 0.461 e. The minimum absolute atomic E-state index is 0.226. The molecule has 4 nitrogen and oxygen atoms in total. The molecule has 3 rings (SSSR count). The van der Waals surface area contributed by atoms with Crippen molar-refractivity contribution in [3.8, 4) is 5.75 Å². The van der Waals surface area contributed by atoms with E-state index >= 15 is 0 Å². The Labute approximate surface area is 154 Å². The first-order valence-electron chi connectivity index (χ1n) is 7.41. The normalized spacial score (nSPS) is 20.2. The van der Waals surface area contributed by atoms with E-state index in [1.54, 1.807) is 18.2 Å². The number of amides is 1. The van der Waals surface area contributed by atoms with Gasteiger partial charge in [-0.1, -0.05) is 23.7 Å². The average Bonchev–Trinajstić information content (AvgIpc) is 3.13. The number of alkyl halides is 4. The van der Waals surface area contributed by atoms with E-state index in [2.05, 4.69) is 10.1 Å². The second-order valence-corrected chi connectivity index (χ2v) is 7.28. The lowest BCUT2D eigenvalue weighted by atomic mass is 10.0. The minimum Gasteiger partial charge on any atom is -0.438 e. The van der Waals surface area contributed by atoms with Crippen molar-refractivity contribution in [2.45, 2.75) is 31.1 Å². The molecule has 2 aromatic rings. The van der Waals surface area contributed by atoms with E-state index in [0.29, 0.717) is 9.90 Å². The lowest BCUT2D eigenvalue weighted by molar-refractivity contribution is -0.253. The molecule has 140 valence electrons. The first-order valence-corrected chi connectivity index (χ1v) is 8.60. The molecular formula is C16H12ClF4NO3S. The number of cyclic esters (lactones) is 1. The molecule has 2 heterocycles. The number of alkyl carbamates (subject to hydrolysis) is 1. The van der Waals surface area contributed by atoms with Crippen LogP contribution in [0.1, 0.15) is 16.5 Å². The monoisotopic (exact) mass is 409 g/mol.